The van der Waals surface area contributed by atoms with Crippen LogP contribution in [0.2, 0.25) is 0 Å². The number of benzene rings is 1. The van der Waals surface area contributed by atoms with Gasteiger partial charge in [0.2, 0.25) is 5.91 Å². The van der Waals surface area contributed by atoms with Crippen molar-refractivity contribution in [3.8, 4) is 0 Å². The van der Waals surface area contributed by atoms with Crippen molar-refractivity contribution >= 4 is 17.5 Å². The topological polar surface area (TPSA) is 52.7 Å². The summed E-state index contributed by atoms with van der Waals surface area (Å²) in [5.74, 6) is 0.904. The molecule has 0 saturated carbocycles. The smallest absolute Gasteiger partial charge is 0.253 e. The minimum absolute atomic E-state index is 0.0846. The molecular weight excluding hydrogens is 290 g/mol. The Hall–Kier alpha value is -1.88. The lowest BCUT2D eigenvalue weighted by molar-refractivity contribution is -0.117. The van der Waals surface area contributed by atoms with Crippen molar-refractivity contribution < 1.29 is 9.59 Å². The second-order valence-electron chi connectivity index (χ2n) is 6.49. The molecule has 2 fully saturated rings. The molecule has 2 amide bonds. The van der Waals surface area contributed by atoms with Crippen LogP contribution in [0.25, 0.3) is 0 Å². The van der Waals surface area contributed by atoms with Gasteiger partial charge in [0, 0.05) is 37.3 Å². The van der Waals surface area contributed by atoms with Crippen molar-refractivity contribution in [2.24, 2.45) is 5.92 Å². The van der Waals surface area contributed by atoms with Gasteiger partial charge in [0.25, 0.3) is 5.91 Å². The molecule has 23 heavy (non-hydrogen) atoms. The Kier molecular flexibility index (Phi) is 4.96. The van der Waals surface area contributed by atoms with E-state index in [9.17, 15) is 9.59 Å². The average molecular weight is 315 g/mol. The van der Waals surface area contributed by atoms with Crippen LogP contribution < -0.4 is 10.2 Å². The summed E-state index contributed by atoms with van der Waals surface area (Å²) in [7, 11) is 1.97. The van der Waals surface area contributed by atoms with Crippen LogP contribution in [0.5, 0.6) is 0 Å². The van der Waals surface area contributed by atoms with Gasteiger partial charge in [-0.1, -0.05) is 6.07 Å². The predicted molar refractivity (Wildman–Crippen MR) is 90.6 cm³/mol. The van der Waals surface area contributed by atoms with Gasteiger partial charge in [-0.3, -0.25) is 9.59 Å². The minimum atomic E-state index is 0.0846. The molecular formula is C18H25N3O2. The molecule has 124 valence electrons. The number of nitrogens with one attached hydrogen (secondary N) is 1. The van der Waals surface area contributed by atoms with Gasteiger partial charge in [-0.2, -0.15) is 0 Å². The molecule has 0 spiro atoms. The lowest BCUT2D eigenvalue weighted by Crippen LogP contribution is -2.40. The van der Waals surface area contributed by atoms with Crippen LogP contribution in [0, 0.1) is 5.92 Å². The maximum Gasteiger partial charge on any atom is 0.253 e. The lowest BCUT2D eigenvalue weighted by Gasteiger charge is -2.32. The first-order valence-electron chi connectivity index (χ1n) is 8.53. The number of anilines is 1. The van der Waals surface area contributed by atoms with E-state index in [1.54, 1.807) is 4.90 Å². The summed E-state index contributed by atoms with van der Waals surface area (Å²) in [4.78, 5) is 28.3. The average Bonchev–Trinajstić information content (AvgIpc) is 3.01. The third-order valence-corrected chi connectivity index (χ3v) is 4.87. The van der Waals surface area contributed by atoms with Crippen LogP contribution in [-0.2, 0) is 4.79 Å². The molecule has 2 saturated heterocycles. The highest BCUT2D eigenvalue weighted by atomic mass is 16.2. The summed E-state index contributed by atoms with van der Waals surface area (Å²) in [5, 5.41) is 3.22. The van der Waals surface area contributed by atoms with Crippen LogP contribution in [-0.4, -0.2) is 49.9 Å². The van der Waals surface area contributed by atoms with Crippen LogP contribution in [0.4, 0.5) is 5.69 Å². The Morgan fingerprint density at radius 1 is 1.26 bits per heavy atom. The SMILES string of the molecule is CNCC1CCN(C(=O)c2cccc(N3CCCC3=O)c2)CC1. The fraction of sp³-hybridized carbons (Fsp3) is 0.556. The van der Waals surface area contributed by atoms with Crippen LogP contribution in [0.3, 0.4) is 0 Å². The number of likely N-dealkylation sites (tertiary alicyclic amines) is 1. The number of rotatable bonds is 4. The zero-order valence-electron chi connectivity index (χ0n) is 13.8. The quantitative estimate of drug-likeness (QED) is 0.923. The fourth-order valence-corrected chi connectivity index (χ4v) is 3.54. The van der Waals surface area contributed by atoms with Crippen molar-refractivity contribution in [2.45, 2.75) is 25.7 Å². The number of piperidine rings is 1. The number of carbonyl (C=O) groups is 2. The normalized spacial score (nSPS) is 19.4. The molecule has 0 aromatic heterocycles. The van der Waals surface area contributed by atoms with Gasteiger partial charge in [-0.05, 0) is 57.0 Å². The molecule has 0 atom stereocenters. The fourth-order valence-electron chi connectivity index (χ4n) is 3.54. The highest BCUT2D eigenvalue weighted by Crippen LogP contribution is 2.24. The molecule has 0 aliphatic carbocycles. The first-order chi connectivity index (χ1) is 11.2. The van der Waals surface area contributed by atoms with Gasteiger partial charge < -0.3 is 15.1 Å². The number of amides is 2. The van der Waals surface area contributed by atoms with E-state index in [4.69, 9.17) is 0 Å². The number of carbonyl (C=O) groups excluding carboxylic acids is 2. The largest absolute Gasteiger partial charge is 0.339 e. The third-order valence-electron chi connectivity index (χ3n) is 4.87. The van der Waals surface area contributed by atoms with Crippen LogP contribution in [0.1, 0.15) is 36.0 Å². The molecule has 5 nitrogen and oxygen atoms in total. The van der Waals surface area contributed by atoms with Crippen LogP contribution >= 0.6 is 0 Å². The van der Waals surface area contributed by atoms with Crippen LogP contribution in [0.15, 0.2) is 24.3 Å². The van der Waals surface area contributed by atoms with Crippen molar-refractivity contribution in [1.82, 2.24) is 10.2 Å². The Bertz CT molecular complexity index is 579. The number of hydrogen-bond acceptors (Lipinski definition) is 3. The van der Waals surface area contributed by atoms with Crippen molar-refractivity contribution in [1.29, 1.82) is 0 Å². The Morgan fingerprint density at radius 2 is 2.04 bits per heavy atom. The molecule has 0 radical (unpaired) electrons. The molecule has 2 aliphatic heterocycles. The van der Waals surface area contributed by atoms with Gasteiger partial charge in [0.15, 0.2) is 0 Å². The Morgan fingerprint density at radius 3 is 2.70 bits per heavy atom. The van der Waals surface area contributed by atoms with Gasteiger partial charge in [0.05, 0.1) is 0 Å². The molecule has 0 bridgehead atoms. The Balaban J connectivity index is 1.67. The van der Waals surface area contributed by atoms with Crippen molar-refractivity contribution in [3.63, 3.8) is 0 Å². The van der Waals surface area contributed by atoms with E-state index >= 15 is 0 Å². The highest BCUT2D eigenvalue weighted by molar-refractivity contribution is 5.99. The van der Waals surface area contributed by atoms with E-state index in [2.05, 4.69) is 5.32 Å². The second-order valence-corrected chi connectivity index (χ2v) is 6.49. The summed E-state index contributed by atoms with van der Waals surface area (Å²) < 4.78 is 0. The van der Waals surface area contributed by atoms with Crippen molar-refractivity contribution in [3.05, 3.63) is 29.8 Å². The van der Waals surface area contributed by atoms with E-state index in [1.165, 1.54) is 0 Å². The maximum atomic E-state index is 12.7. The molecule has 1 N–H and O–H groups in total. The Labute approximate surface area is 137 Å². The molecule has 2 aliphatic rings. The number of nitrogens with zero attached hydrogens (tertiary/aromatic N) is 2. The lowest BCUT2D eigenvalue weighted by atomic mass is 9.96. The molecule has 2 heterocycles. The van der Waals surface area contributed by atoms with E-state index in [1.807, 2.05) is 36.2 Å². The minimum Gasteiger partial charge on any atom is -0.339 e. The zero-order chi connectivity index (χ0) is 16.2. The standard InChI is InChI=1S/C18H25N3O2/c1-19-13-14-7-10-20(11-8-14)18(23)15-4-2-5-16(12-15)21-9-3-6-17(21)22/h2,4-5,12,14,19H,3,6-11,13H2,1H3. The summed E-state index contributed by atoms with van der Waals surface area (Å²) in [5.41, 5.74) is 1.54. The second kappa shape index (κ2) is 7.13. The summed E-state index contributed by atoms with van der Waals surface area (Å²) in [6, 6.07) is 7.51. The number of hydrogen-bond donors (Lipinski definition) is 1. The van der Waals surface area contributed by atoms with Gasteiger partial charge in [0.1, 0.15) is 0 Å². The van der Waals surface area contributed by atoms with E-state index < -0.39 is 0 Å². The predicted octanol–water partition coefficient (Wildman–Crippen LogP) is 1.88. The zero-order valence-corrected chi connectivity index (χ0v) is 13.8. The molecule has 0 unspecified atom stereocenters. The summed E-state index contributed by atoms with van der Waals surface area (Å²) in [6.45, 7) is 3.41. The van der Waals surface area contributed by atoms with E-state index in [-0.39, 0.29) is 11.8 Å². The van der Waals surface area contributed by atoms with Gasteiger partial charge in [-0.15, -0.1) is 0 Å². The van der Waals surface area contributed by atoms with Crippen molar-refractivity contribution in [2.75, 3.05) is 38.1 Å². The highest BCUT2D eigenvalue weighted by Gasteiger charge is 2.25. The third kappa shape index (κ3) is 3.55. The van der Waals surface area contributed by atoms with E-state index in [0.29, 0.717) is 17.9 Å². The van der Waals surface area contributed by atoms with Gasteiger partial charge in [-0.25, -0.2) is 0 Å². The molecule has 1 aromatic rings. The maximum absolute atomic E-state index is 12.7. The first kappa shape index (κ1) is 16.0. The molecule has 1 aromatic carbocycles. The van der Waals surface area contributed by atoms with E-state index in [0.717, 1.165) is 51.1 Å². The summed E-state index contributed by atoms with van der Waals surface area (Å²) in [6.07, 6.45) is 3.61. The summed E-state index contributed by atoms with van der Waals surface area (Å²) >= 11 is 0. The monoisotopic (exact) mass is 315 g/mol. The molecule has 3 rings (SSSR count). The van der Waals surface area contributed by atoms with Gasteiger partial charge >= 0.3 is 0 Å². The first-order valence-corrected chi connectivity index (χ1v) is 8.53. The molecule has 5 heteroatoms.